The minimum atomic E-state index is -0.720. The highest BCUT2D eigenvalue weighted by Gasteiger charge is 2.40. The summed E-state index contributed by atoms with van der Waals surface area (Å²) in [5.41, 5.74) is 3.83. The predicted octanol–water partition coefficient (Wildman–Crippen LogP) is 6.30. The lowest BCUT2D eigenvalue weighted by atomic mass is 10.1. The Hall–Kier alpha value is -3.32. The Morgan fingerprint density at radius 2 is 1.50 bits per heavy atom. The maximum atomic E-state index is 13.0. The van der Waals surface area contributed by atoms with E-state index in [1.807, 2.05) is 32.0 Å². The highest BCUT2D eigenvalue weighted by atomic mass is 35.5. The van der Waals surface area contributed by atoms with Crippen molar-refractivity contribution >= 4 is 69.6 Å². The second-order valence-electron chi connectivity index (χ2n) is 7.66. The van der Waals surface area contributed by atoms with Crippen LogP contribution >= 0.6 is 34.8 Å². The van der Waals surface area contributed by atoms with E-state index in [-0.39, 0.29) is 32.4 Å². The van der Waals surface area contributed by atoms with Crippen molar-refractivity contribution in [2.75, 3.05) is 15.5 Å². The number of nitrogens with one attached hydrogen (secondary N) is 2. The number of hydrogen-bond donors (Lipinski definition) is 2. The molecule has 0 bridgehead atoms. The number of halogens is 3. The van der Waals surface area contributed by atoms with Crippen molar-refractivity contribution in [2.24, 2.45) is 0 Å². The molecule has 34 heavy (non-hydrogen) atoms. The zero-order valence-electron chi connectivity index (χ0n) is 18.1. The molecule has 4 rings (SSSR count). The van der Waals surface area contributed by atoms with Gasteiger partial charge in [-0.05, 0) is 73.5 Å². The van der Waals surface area contributed by atoms with Crippen LogP contribution < -0.4 is 15.5 Å². The van der Waals surface area contributed by atoms with E-state index in [4.69, 9.17) is 34.8 Å². The monoisotopic (exact) mass is 513 g/mol. The summed E-state index contributed by atoms with van der Waals surface area (Å²) in [5.74, 6) is -1.67. The topological polar surface area (TPSA) is 78.5 Å². The lowest BCUT2D eigenvalue weighted by Crippen LogP contribution is -2.32. The third-order valence-corrected chi connectivity index (χ3v) is 6.54. The van der Waals surface area contributed by atoms with Gasteiger partial charge in [0.1, 0.15) is 10.7 Å². The third kappa shape index (κ3) is 4.53. The average Bonchev–Trinajstić information content (AvgIpc) is 3.02. The SMILES string of the molecule is Cc1ccc(NC(=O)c2ccc(NC3=C(Cl)C(=O)N(c4cccc(Cl)c4Cl)C3=O)cc2)cc1C. The summed E-state index contributed by atoms with van der Waals surface area (Å²) in [7, 11) is 0. The van der Waals surface area contributed by atoms with E-state index in [1.54, 1.807) is 36.4 Å². The van der Waals surface area contributed by atoms with Gasteiger partial charge in [-0.3, -0.25) is 14.4 Å². The number of imide groups is 1. The molecule has 3 aromatic carbocycles. The minimum Gasteiger partial charge on any atom is -0.350 e. The van der Waals surface area contributed by atoms with Gasteiger partial charge in [0.25, 0.3) is 17.7 Å². The van der Waals surface area contributed by atoms with Crippen molar-refractivity contribution in [1.29, 1.82) is 0 Å². The number of amides is 3. The zero-order chi connectivity index (χ0) is 24.6. The summed E-state index contributed by atoms with van der Waals surface area (Å²) < 4.78 is 0. The van der Waals surface area contributed by atoms with Gasteiger partial charge in [-0.15, -0.1) is 0 Å². The van der Waals surface area contributed by atoms with E-state index in [0.29, 0.717) is 16.9 Å². The first kappa shape index (κ1) is 23.8. The van der Waals surface area contributed by atoms with Crippen LogP contribution in [0.5, 0.6) is 0 Å². The molecule has 0 saturated carbocycles. The predicted molar refractivity (Wildman–Crippen MR) is 136 cm³/mol. The summed E-state index contributed by atoms with van der Waals surface area (Å²) in [6.07, 6.45) is 0. The Balaban J connectivity index is 1.50. The standard InChI is InChI=1S/C25H18Cl3N3O3/c1-13-6-9-17(12-14(13)2)30-23(32)15-7-10-16(11-8-15)29-22-21(28)24(33)31(25(22)34)19-5-3-4-18(26)20(19)27/h3-12,29H,1-2H3,(H,30,32). The molecule has 0 atom stereocenters. The average molecular weight is 515 g/mol. The van der Waals surface area contributed by atoms with Gasteiger partial charge in [-0.25, -0.2) is 4.90 Å². The van der Waals surface area contributed by atoms with Crippen LogP contribution in [0.25, 0.3) is 0 Å². The van der Waals surface area contributed by atoms with E-state index < -0.39 is 11.8 Å². The highest BCUT2D eigenvalue weighted by Crippen LogP contribution is 2.37. The van der Waals surface area contributed by atoms with Crippen molar-refractivity contribution < 1.29 is 14.4 Å². The molecular formula is C25H18Cl3N3O3. The molecule has 1 aliphatic heterocycles. The lowest BCUT2D eigenvalue weighted by molar-refractivity contribution is -0.120. The highest BCUT2D eigenvalue weighted by molar-refractivity contribution is 6.54. The van der Waals surface area contributed by atoms with Crippen LogP contribution in [0.2, 0.25) is 10.0 Å². The Kier molecular flexibility index (Phi) is 6.66. The molecule has 0 aromatic heterocycles. The van der Waals surface area contributed by atoms with Crippen LogP contribution in [0.4, 0.5) is 17.1 Å². The molecule has 1 aliphatic rings. The number of aryl methyl sites for hydroxylation is 2. The van der Waals surface area contributed by atoms with Gasteiger partial charge >= 0.3 is 0 Å². The molecule has 0 saturated heterocycles. The van der Waals surface area contributed by atoms with E-state index in [1.165, 1.54) is 6.07 Å². The number of rotatable bonds is 5. The molecule has 2 N–H and O–H groups in total. The maximum absolute atomic E-state index is 13.0. The first-order valence-corrected chi connectivity index (χ1v) is 11.3. The van der Waals surface area contributed by atoms with Crippen LogP contribution in [0.1, 0.15) is 21.5 Å². The summed E-state index contributed by atoms with van der Waals surface area (Å²) in [5, 5.41) is 5.70. The van der Waals surface area contributed by atoms with Crippen LogP contribution in [0.15, 0.2) is 71.4 Å². The van der Waals surface area contributed by atoms with Crippen molar-refractivity contribution in [1.82, 2.24) is 0 Å². The van der Waals surface area contributed by atoms with Gasteiger partial charge in [0.05, 0.1) is 15.7 Å². The van der Waals surface area contributed by atoms with Crippen LogP contribution in [0, 0.1) is 13.8 Å². The lowest BCUT2D eigenvalue weighted by Gasteiger charge is -2.17. The summed E-state index contributed by atoms with van der Waals surface area (Å²) in [4.78, 5) is 39.1. The number of benzene rings is 3. The number of carbonyl (C=O) groups excluding carboxylic acids is 3. The number of hydrogen-bond acceptors (Lipinski definition) is 4. The summed E-state index contributed by atoms with van der Waals surface area (Å²) in [6.45, 7) is 3.97. The molecule has 0 aliphatic carbocycles. The molecule has 3 amide bonds. The van der Waals surface area contributed by atoms with Crippen molar-refractivity contribution in [3.63, 3.8) is 0 Å². The quantitative estimate of drug-likeness (QED) is 0.392. The van der Waals surface area contributed by atoms with E-state index >= 15 is 0 Å². The van der Waals surface area contributed by atoms with Crippen LogP contribution in [0.3, 0.4) is 0 Å². The van der Waals surface area contributed by atoms with Crippen molar-refractivity contribution in [3.8, 4) is 0 Å². The largest absolute Gasteiger partial charge is 0.350 e. The third-order valence-electron chi connectivity index (χ3n) is 5.38. The van der Waals surface area contributed by atoms with Crippen molar-refractivity contribution in [2.45, 2.75) is 13.8 Å². The van der Waals surface area contributed by atoms with Crippen LogP contribution in [-0.4, -0.2) is 17.7 Å². The number of carbonyl (C=O) groups is 3. The van der Waals surface area contributed by atoms with Gasteiger partial charge < -0.3 is 10.6 Å². The Morgan fingerprint density at radius 3 is 2.18 bits per heavy atom. The van der Waals surface area contributed by atoms with Gasteiger partial charge in [0, 0.05) is 16.9 Å². The second-order valence-corrected chi connectivity index (χ2v) is 8.83. The molecule has 6 nitrogen and oxygen atoms in total. The fraction of sp³-hybridized carbons (Fsp3) is 0.0800. The number of nitrogens with zero attached hydrogens (tertiary/aromatic N) is 1. The van der Waals surface area contributed by atoms with Crippen molar-refractivity contribution in [3.05, 3.63) is 98.1 Å². The molecule has 172 valence electrons. The Bertz CT molecular complexity index is 1370. The second kappa shape index (κ2) is 9.50. The molecular weight excluding hydrogens is 497 g/mol. The molecule has 0 fully saturated rings. The fourth-order valence-corrected chi connectivity index (χ4v) is 3.96. The first-order chi connectivity index (χ1) is 16.2. The molecule has 9 heteroatoms. The maximum Gasteiger partial charge on any atom is 0.283 e. The minimum absolute atomic E-state index is 0.0655. The van der Waals surface area contributed by atoms with E-state index in [2.05, 4.69) is 10.6 Å². The van der Waals surface area contributed by atoms with Crippen LogP contribution in [-0.2, 0) is 9.59 Å². The molecule has 3 aromatic rings. The Labute approximate surface area is 211 Å². The number of anilines is 3. The van der Waals surface area contributed by atoms with Gasteiger partial charge in [0.15, 0.2) is 0 Å². The summed E-state index contributed by atoms with van der Waals surface area (Å²) >= 11 is 18.4. The van der Waals surface area contributed by atoms with E-state index in [0.717, 1.165) is 16.0 Å². The summed E-state index contributed by atoms with van der Waals surface area (Å²) in [6, 6.07) is 16.7. The molecule has 0 radical (unpaired) electrons. The first-order valence-electron chi connectivity index (χ1n) is 10.2. The normalized spacial score (nSPS) is 13.5. The van der Waals surface area contributed by atoms with E-state index in [9.17, 15) is 14.4 Å². The fourth-order valence-electron chi connectivity index (χ4n) is 3.37. The Morgan fingerprint density at radius 1 is 0.824 bits per heavy atom. The molecule has 0 spiro atoms. The molecule has 1 heterocycles. The van der Waals surface area contributed by atoms with Gasteiger partial charge in [-0.1, -0.05) is 46.9 Å². The molecule has 0 unspecified atom stereocenters. The van der Waals surface area contributed by atoms with Gasteiger partial charge in [0.2, 0.25) is 0 Å². The zero-order valence-corrected chi connectivity index (χ0v) is 20.3. The smallest absolute Gasteiger partial charge is 0.283 e. The van der Waals surface area contributed by atoms with Gasteiger partial charge in [-0.2, -0.15) is 0 Å².